The highest BCUT2D eigenvalue weighted by Crippen LogP contribution is 2.29. The molecule has 0 bridgehead atoms. The topological polar surface area (TPSA) is 68.1 Å². The zero-order chi connectivity index (χ0) is 18.0. The van der Waals surface area contributed by atoms with Gasteiger partial charge in [0.1, 0.15) is 0 Å². The predicted molar refractivity (Wildman–Crippen MR) is 100 cm³/mol. The summed E-state index contributed by atoms with van der Waals surface area (Å²) in [5.41, 5.74) is 0.783. The lowest BCUT2D eigenvalue weighted by molar-refractivity contribution is 0.477. The first kappa shape index (κ1) is 18.4. The zero-order valence-corrected chi connectivity index (χ0v) is 16.5. The molecule has 136 valence electrons. The van der Waals surface area contributed by atoms with Gasteiger partial charge in [0.25, 0.3) is 0 Å². The van der Waals surface area contributed by atoms with E-state index in [0.29, 0.717) is 29.1 Å². The van der Waals surface area contributed by atoms with E-state index in [4.69, 9.17) is 0 Å². The molecule has 0 saturated carbocycles. The largest absolute Gasteiger partial charge is 0.302 e. The Bertz CT molecular complexity index is 840. The Kier molecular flexibility index (Phi) is 5.50. The van der Waals surface area contributed by atoms with Gasteiger partial charge in [-0.25, -0.2) is 8.42 Å². The number of aromatic nitrogens is 3. The predicted octanol–water partition coefficient (Wildman–Crippen LogP) is 3.25. The van der Waals surface area contributed by atoms with E-state index in [0.717, 1.165) is 30.1 Å². The molecule has 1 aliphatic heterocycles. The smallest absolute Gasteiger partial charge is 0.243 e. The van der Waals surface area contributed by atoms with Crippen molar-refractivity contribution in [3.63, 3.8) is 0 Å². The van der Waals surface area contributed by atoms with Gasteiger partial charge in [0.2, 0.25) is 10.0 Å². The van der Waals surface area contributed by atoms with Crippen molar-refractivity contribution in [2.45, 2.75) is 55.5 Å². The molecule has 1 aromatic heterocycles. The SMILES string of the molecule is CCn1c(SC(C)C)nnc1-c1cccc(S(=O)(=O)N2CCCC2)c1. The van der Waals surface area contributed by atoms with Crippen molar-refractivity contribution in [3.8, 4) is 11.4 Å². The van der Waals surface area contributed by atoms with Crippen molar-refractivity contribution in [3.05, 3.63) is 24.3 Å². The second kappa shape index (κ2) is 7.47. The first-order valence-electron chi connectivity index (χ1n) is 8.64. The number of hydrogen-bond acceptors (Lipinski definition) is 5. The Hall–Kier alpha value is -1.38. The molecular weight excluding hydrogens is 356 g/mol. The highest BCUT2D eigenvalue weighted by atomic mass is 32.2. The molecule has 2 heterocycles. The molecule has 0 atom stereocenters. The molecule has 1 aromatic carbocycles. The van der Waals surface area contributed by atoms with Crippen LogP contribution in [-0.4, -0.2) is 45.8 Å². The molecule has 1 saturated heterocycles. The molecule has 0 radical (unpaired) electrons. The summed E-state index contributed by atoms with van der Waals surface area (Å²) >= 11 is 1.66. The Morgan fingerprint density at radius 2 is 1.92 bits per heavy atom. The summed E-state index contributed by atoms with van der Waals surface area (Å²) in [6, 6.07) is 7.05. The van der Waals surface area contributed by atoms with Gasteiger partial charge in [0, 0.05) is 30.4 Å². The van der Waals surface area contributed by atoms with Gasteiger partial charge >= 0.3 is 0 Å². The second-order valence-corrected chi connectivity index (χ2v) is 9.84. The standard InChI is InChI=1S/C17H24N4O2S2/c1-4-21-16(18-19-17(21)24-13(2)3)14-8-7-9-15(12-14)25(22,23)20-10-5-6-11-20/h7-9,12-13H,4-6,10-11H2,1-3H3. The average molecular weight is 381 g/mol. The minimum absolute atomic E-state index is 0.329. The van der Waals surface area contributed by atoms with Gasteiger partial charge in [-0.05, 0) is 31.9 Å². The summed E-state index contributed by atoms with van der Waals surface area (Å²) in [4.78, 5) is 0.329. The van der Waals surface area contributed by atoms with Gasteiger partial charge in [-0.1, -0.05) is 37.7 Å². The van der Waals surface area contributed by atoms with Gasteiger partial charge in [0.15, 0.2) is 11.0 Å². The summed E-state index contributed by atoms with van der Waals surface area (Å²) in [6.45, 7) is 8.22. The van der Waals surface area contributed by atoms with Crippen molar-refractivity contribution in [2.75, 3.05) is 13.1 Å². The van der Waals surface area contributed by atoms with E-state index in [2.05, 4.69) is 24.0 Å². The molecule has 0 amide bonds. The minimum atomic E-state index is -3.43. The molecule has 3 rings (SSSR count). The van der Waals surface area contributed by atoms with Crippen LogP contribution in [0.2, 0.25) is 0 Å². The van der Waals surface area contributed by atoms with E-state index in [-0.39, 0.29) is 0 Å². The number of sulfonamides is 1. The zero-order valence-electron chi connectivity index (χ0n) is 14.8. The van der Waals surface area contributed by atoms with Crippen LogP contribution >= 0.6 is 11.8 Å². The lowest BCUT2D eigenvalue weighted by atomic mass is 10.2. The van der Waals surface area contributed by atoms with Crippen LogP contribution in [0.25, 0.3) is 11.4 Å². The lowest BCUT2D eigenvalue weighted by Crippen LogP contribution is -2.27. The average Bonchev–Trinajstić information content (AvgIpc) is 3.24. The fourth-order valence-electron chi connectivity index (χ4n) is 2.96. The molecule has 6 nitrogen and oxygen atoms in total. The van der Waals surface area contributed by atoms with Crippen molar-refractivity contribution >= 4 is 21.8 Å². The molecule has 0 N–H and O–H groups in total. The van der Waals surface area contributed by atoms with Gasteiger partial charge in [-0.3, -0.25) is 0 Å². The van der Waals surface area contributed by atoms with Gasteiger partial charge in [0.05, 0.1) is 4.90 Å². The lowest BCUT2D eigenvalue weighted by Gasteiger charge is -2.16. The summed E-state index contributed by atoms with van der Waals surface area (Å²) in [6.07, 6.45) is 1.86. The Morgan fingerprint density at radius 3 is 2.56 bits per heavy atom. The van der Waals surface area contributed by atoms with E-state index in [1.165, 1.54) is 0 Å². The summed E-state index contributed by atoms with van der Waals surface area (Å²) in [5.74, 6) is 0.712. The maximum Gasteiger partial charge on any atom is 0.243 e. The number of thioether (sulfide) groups is 1. The van der Waals surface area contributed by atoms with Crippen LogP contribution in [0.15, 0.2) is 34.3 Å². The molecule has 0 unspecified atom stereocenters. The van der Waals surface area contributed by atoms with E-state index < -0.39 is 10.0 Å². The highest BCUT2D eigenvalue weighted by molar-refractivity contribution is 7.99. The maximum absolute atomic E-state index is 12.8. The third-order valence-corrected chi connectivity index (χ3v) is 7.05. The van der Waals surface area contributed by atoms with Crippen LogP contribution in [-0.2, 0) is 16.6 Å². The molecule has 0 spiro atoms. The van der Waals surface area contributed by atoms with Gasteiger partial charge < -0.3 is 4.57 Å². The molecular formula is C17H24N4O2S2. The van der Waals surface area contributed by atoms with Crippen LogP contribution in [0.4, 0.5) is 0 Å². The normalized spacial score (nSPS) is 16.0. The first-order valence-corrected chi connectivity index (χ1v) is 11.0. The highest BCUT2D eigenvalue weighted by Gasteiger charge is 2.27. The maximum atomic E-state index is 12.8. The Morgan fingerprint density at radius 1 is 1.20 bits per heavy atom. The third kappa shape index (κ3) is 3.75. The van der Waals surface area contributed by atoms with Crippen LogP contribution in [0.1, 0.15) is 33.6 Å². The van der Waals surface area contributed by atoms with Crippen molar-refractivity contribution in [1.29, 1.82) is 0 Å². The molecule has 1 aliphatic rings. The van der Waals surface area contributed by atoms with Crippen molar-refractivity contribution in [2.24, 2.45) is 0 Å². The van der Waals surface area contributed by atoms with Gasteiger partial charge in [-0.15, -0.1) is 10.2 Å². The van der Waals surface area contributed by atoms with Crippen LogP contribution < -0.4 is 0 Å². The number of hydrogen-bond donors (Lipinski definition) is 0. The molecule has 1 fully saturated rings. The van der Waals surface area contributed by atoms with Crippen molar-refractivity contribution in [1.82, 2.24) is 19.1 Å². The Labute approximate surface area is 153 Å². The third-order valence-electron chi connectivity index (χ3n) is 4.17. The fourth-order valence-corrected chi connectivity index (χ4v) is 5.37. The number of rotatable bonds is 6. The monoisotopic (exact) mass is 380 g/mol. The summed E-state index contributed by atoms with van der Waals surface area (Å²) < 4.78 is 29.2. The first-order chi connectivity index (χ1) is 11.9. The summed E-state index contributed by atoms with van der Waals surface area (Å²) in [5, 5.41) is 9.87. The second-order valence-electron chi connectivity index (χ2n) is 6.36. The minimum Gasteiger partial charge on any atom is -0.302 e. The van der Waals surface area contributed by atoms with Crippen LogP contribution in [0.3, 0.4) is 0 Å². The van der Waals surface area contributed by atoms with Crippen LogP contribution in [0.5, 0.6) is 0 Å². The van der Waals surface area contributed by atoms with Crippen molar-refractivity contribution < 1.29 is 8.42 Å². The van der Waals surface area contributed by atoms with E-state index in [1.807, 2.05) is 17.6 Å². The number of nitrogens with zero attached hydrogens (tertiary/aromatic N) is 4. The van der Waals surface area contributed by atoms with Crippen LogP contribution in [0, 0.1) is 0 Å². The Balaban J connectivity index is 1.98. The van der Waals surface area contributed by atoms with E-state index >= 15 is 0 Å². The molecule has 25 heavy (non-hydrogen) atoms. The van der Waals surface area contributed by atoms with Gasteiger partial charge in [-0.2, -0.15) is 4.31 Å². The molecule has 2 aromatic rings. The van der Waals surface area contributed by atoms with E-state index in [9.17, 15) is 8.42 Å². The summed E-state index contributed by atoms with van der Waals surface area (Å²) in [7, 11) is -3.43. The quantitative estimate of drug-likeness (QED) is 0.720. The number of benzene rings is 1. The fraction of sp³-hybridized carbons (Fsp3) is 0.529. The van der Waals surface area contributed by atoms with E-state index in [1.54, 1.807) is 34.3 Å². The molecule has 0 aliphatic carbocycles. The molecule has 8 heteroatoms.